The third-order valence-corrected chi connectivity index (χ3v) is 9.46. The number of likely N-dealkylation sites (N-methyl/N-ethyl adjacent to an activating group) is 1. The van der Waals surface area contributed by atoms with Crippen molar-refractivity contribution in [2.45, 2.75) is 44.7 Å². The van der Waals surface area contributed by atoms with Gasteiger partial charge in [0.2, 0.25) is 11.8 Å². The Kier molecular flexibility index (Phi) is 10.3. The minimum Gasteiger partial charge on any atom is -0.357 e. The van der Waals surface area contributed by atoms with E-state index in [0.717, 1.165) is 26.6 Å². The van der Waals surface area contributed by atoms with Crippen molar-refractivity contribution in [2.24, 2.45) is 0 Å². The number of carbonyl (C=O) groups excluding carboxylic acids is 2. The van der Waals surface area contributed by atoms with E-state index in [2.05, 4.69) is 5.32 Å². The van der Waals surface area contributed by atoms with Crippen LogP contribution in [0.4, 0.5) is 5.69 Å². The molecule has 0 fully saturated rings. The summed E-state index contributed by atoms with van der Waals surface area (Å²) in [5, 5.41) is 3.04. The van der Waals surface area contributed by atoms with Crippen molar-refractivity contribution in [1.82, 2.24) is 10.2 Å². The predicted octanol–water partition coefficient (Wildman–Crippen LogP) is 5.85. The van der Waals surface area contributed by atoms with Crippen LogP contribution in [0.2, 0.25) is 5.02 Å². The lowest BCUT2D eigenvalue weighted by molar-refractivity contribution is -0.139. The van der Waals surface area contributed by atoms with Gasteiger partial charge in [0, 0.05) is 25.0 Å². The van der Waals surface area contributed by atoms with Crippen LogP contribution in [-0.4, -0.2) is 44.8 Å². The molecule has 7 nitrogen and oxygen atoms in total. The summed E-state index contributed by atoms with van der Waals surface area (Å²) in [5.41, 5.74) is 4.49. The Hall–Kier alpha value is -4.14. The molecular weight excluding hydrogens is 582 g/mol. The first-order chi connectivity index (χ1) is 20.5. The third kappa shape index (κ3) is 7.63. The van der Waals surface area contributed by atoms with E-state index in [0.29, 0.717) is 10.6 Å². The molecule has 0 saturated carbocycles. The van der Waals surface area contributed by atoms with E-state index in [1.165, 1.54) is 24.1 Å². The highest BCUT2D eigenvalue weighted by Gasteiger charge is 2.35. The SMILES string of the molecule is CNC(=O)[C@H](Cc1ccccc1)N(Cc1ccccc1C)C(=O)CN(c1cc(Cl)ccc1C)S(=O)(=O)c1ccc(C)cc1. The molecular formula is C34H36ClN3O4S. The van der Waals surface area contributed by atoms with Gasteiger partial charge in [0.05, 0.1) is 10.6 Å². The maximum atomic E-state index is 14.4. The number of hydrogen-bond donors (Lipinski definition) is 1. The summed E-state index contributed by atoms with van der Waals surface area (Å²) in [6.07, 6.45) is 0.249. The fourth-order valence-electron chi connectivity index (χ4n) is 4.89. The Labute approximate surface area is 259 Å². The molecule has 0 bridgehead atoms. The Morgan fingerprint density at radius 2 is 1.49 bits per heavy atom. The van der Waals surface area contributed by atoms with Gasteiger partial charge in [-0.05, 0) is 67.3 Å². The second kappa shape index (κ2) is 13.9. The van der Waals surface area contributed by atoms with E-state index in [1.807, 2.05) is 68.4 Å². The van der Waals surface area contributed by atoms with Gasteiger partial charge in [-0.15, -0.1) is 0 Å². The van der Waals surface area contributed by atoms with Gasteiger partial charge in [-0.3, -0.25) is 13.9 Å². The zero-order valence-corrected chi connectivity index (χ0v) is 26.3. The topological polar surface area (TPSA) is 86.8 Å². The molecule has 0 aromatic heterocycles. The van der Waals surface area contributed by atoms with Crippen molar-refractivity contribution < 1.29 is 18.0 Å². The first kappa shape index (κ1) is 31.8. The number of benzene rings is 4. The van der Waals surface area contributed by atoms with Crippen LogP contribution >= 0.6 is 11.6 Å². The summed E-state index contributed by atoms with van der Waals surface area (Å²) in [6, 6.07) is 27.6. The van der Waals surface area contributed by atoms with Crippen molar-refractivity contribution in [3.63, 3.8) is 0 Å². The van der Waals surface area contributed by atoms with Gasteiger partial charge in [-0.2, -0.15) is 0 Å². The highest BCUT2D eigenvalue weighted by molar-refractivity contribution is 7.92. The van der Waals surface area contributed by atoms with Crippen LogP contribution in [0.3, 0.4) is 0 Å². The van der Waals surface area contributed by atoms with Gasteiger partial charge in [-0.25, -0.2) is 8.42 Å². The number of sulfonamides is 1. The van der Waals surface area contributed by atoms with E-state index in [9.17, 15) is 18.0 Å². The molecule has 4 aromatic carbocycles. The number of anilines is 1. The highest BCUT2D eigenvalue weighted by Crippen LogP contribution is 2.30. The van der Waals surface area contributed by atoms with Crippen molar-refractivity contribution in [1.29, 1.82) is 0 Å². The molecule has 0 aliphatic heterocycles. The van der Waals surface area contributed by atoms with Crippen molar-refractivity contribution in [3.05, 3.63) is 130 Å². The molecule has 0 unspecified atom stereocenters. The Balaban J connectivity index is 1.83. The number of nitrogens with zero attached hydrogens (tertiary/aromatic N) is 2. The van der Waals surface area contributed by atoms with E-state index in [1.54, 1.807) is 37.3 Å². The number of hydrogen-bond acceptors (Lipinski definition) is 4. The Morgan fingerprint density at radius 1 is 0.837 bits per heavy atom. The smallest absolute Gasteiger partial charge is 0.264 e. The fourth-order valence-corrected chi connectivity index (χ4v) is 6.53. The lowest BCUT2D eigenvalue weighted by Gasteiger charge is -2.34. The van der Waals surface area contributed by atoms with E-state index in [-0.39, 0.29) is 29.5 Å². The zero-order chi connectivity index (χ0) is 31.1. The Morgan fingerprint density at radius 3 is 2.14 bits per heavy atom. The molecule has 2 amide bonds. The van der Waals surface area contributed by atoms with Crippen molar-refractivity contribution in [3.8, 4) is 0 Å². The van der Waals surface area contributed by atoms with Crippen molar-refractivity contribution >= 4 is 39.1 Å². The molecule has 0 radical (unpaired) electrons. The lowest BCUT2D eigenvalue weighted by atomic mass is 10.0. The zero-order valence-electron chi connectivity index (χ0n) is 24.7. The fraction of sp³-hybridized carbons (Fsp3) is 0.235. The van der Waals surface area contributed by atoms with Crippen LogP contribution in [0, 0.1) is 20.8 Å². The van der Waals surface area contributed by atoms with Gasteiger partial charge in [-0.1, -0.05) is 90.0 Å². The van der Waals surface area contributed by atoms with Crippen LogP contribution in [0.25, 0.3) is 0 Å². The maximum Gasteiger partial charge on any atom is 0.264 e. The molecule has 0 heterocycles. The monoisotopic (exact) mass is 617 g/mol. The molecule has 1 N–H and O–H groups in total. The van der Waals surface area contributed by atoms with Crippen LogP contribution in [0.15, 0.2) is 102 Å². The molecule has 4 rings (SSSR count). The summed E-state index contributed by atoms with van der Waals surface area (Å²) >= 11 is 6.33. The first-order valence-corrected chi connectivity index (χ1v) is 15.8. The largest absolute Gasteiger partial charge is 0.357 e. The minimum absolute atomic E-state index is 0.0443. The maximum absolute atomic E-state index is 14.4. The quantitative estimate of drug-likeness (QED) is 0.229. The van der Waals surface area contributed by atoms with Crippen molar-refractivity contribution in [2.75, 3.05) is 17.9 Å². The number of aryl methyl sites for hydroxylation is 3. The average molecular weight is 618 g/mol. The lowest BCUT2D eigenvalue weighted by Crippen LogP contribution is -2.53. The van der Waals surface area contributed by atoms with Gasteiger partial charge >= 0.3 is 0 Å². The van der Waals surface area contributed by atoms with Crippen LogP contribution in [0.1, 0.15) is 27.8 Å². The van der Waals surface area contributed by atoms with Crippen LogP contribution in [0.5, 0.6) is 0 Å². The van der Waals surface area contributed by atoms with Gasteiger partial charge in [0.1, 0.15) is 12.6 Å². The molecule has 43 heavy (non-hydrogen) atoms. The molecule has 0 aliphatic rings. The molecule has 4 aromatic rings. The number of amides is 2. The molecule has 0 saturated heterocycles. The Bertz CT molecular complexity index is 1690. The average Bonchev–Trinajstić information content (AvgIpc) is 3.00. The van der Waals surface area contributed by atoms with Gasteiger partial charge < -0.3 is 10.2 Å². The summed E-state index contributed by atoms with van der Waals surface area (Å²) in [6.45, 7) is 5.15. The molecule has 224 valence electrons. The van der Waals surface area contributed by atoms with E-state index < -0.39 is 28.5 Å². The summed E-state index contributed by atoms with van der Waals surface area (Å²) in [4.78, 5) is 29.3. The number of rotatable bonds is 11. The highest BCUT2D eigenvalue weighted by atomic mass is 35.5. The standard InChI is InChI=1S/C34H36ClN3O4S/c1-24-14-18-30(19-15-24)43(41,42)38(31-21-29(35)17-16-26(31)3)23-33(39)37(22-28-13-9-8-10-25(28)2)32(34(40)36-4)20-27-11-6-5-7-12-27/h5-19,21,32H,20,22-23H2,1-4H3,(H,36,40)/t32-/m0/s1. The minimum atomic E-state index is -4.20. The summed E-state index contributed by atoms with van der Waals surface area (Å²) in [7, 11) is -2.68. The molecule has 9 heteroatoms. The van der Waals surface area contributed by atoms with Crippen LogP contribution < -0.4 is 9.62 Å². The predicted molar refractivity (Wildman–Crippen MR) is 172 cm³/mol. The van der Waals surface area contributed by atoms with Gasteiger partial charge in [0.15, 0.2) is 0 Å². The number of carbonyl (C=O) groups is 2. The van der Waals surface area contributed by atoms with E-state index in [4.69, 9.17) is 11.6 Å². The summed E-state index contributed by atoms with van der Waals surface area (Å²) < 4.78 is 29.4. The number of nitrogens with one attached hydrogen (secondary N) is 1. The summed E-state index contributed by atoms with van der Waals surface area (Å²) in [5.74, 6) is -0.875. The first-order valence-electron chi connectivity index (χ1n) is 14.0. The normalized spacial score (nSPS) is 11.9. The second-order valence-corrected chi connectivity index (χ2v) is 12.8. The van der Waals surface area contributed by atoms with Crippen LogP contribution in [-0.2, 0) is 32.6 Å². The third-order valence-electron chi connectivity index (χ3n) is 7.45. The molecule has 0 spiro atoms. The number of halogens is 1. The molecule has 0 aliphatic carbocycles. The van der Waals surface area contributed by atoms with Gasteiger partial charge in [0.25, 0.3) is 10.0 Å². The second-order valence-electron chi connectivity index (χ2n) is 10.5. The van der Waals surface area contributed by atoms with E-state index >= 15 is 0 Å². The molecule has 1 atom stereocenters.